The number of anilines is 1. The van der Waals surface area contributed by atoms with Crippen LogP contribution in [0.4, 0.5) is 5.69 Å². The van der Waals surface area contributed by atoms with Crippen LogP contribution >= 0.6 is 0 Å². The highest BCUT2D eigenvalue weighted by molar-refractivity contribution is 7.90. The van der Waals surface area contributed by atoms with Gasteiger partial charge in [-0.1, -0.05) is 25.0 Å². The number of aromatic nitrogens is 2. The Morgan fingerprint density at radius 2 is 1.81 bits per heavy atom. The van der Waals surface area contributed by atoms with E-state index in [2.05, 4.69) is 5.10 Å². The molecular weight excluding hydrogens is 286 g/mol. The van der Waals surface area contributed by atoms with Crippen LogP contribution in [-0.4, -0.2) is 24.5 Å². The second-order valence-corrected chi connectivity index (χ2v) is 7.66. The van der Waals surface area contributed by atoms with Crippen LogP contribution in [0, 0.1) is 0 Å². The summed E-state index contributed by atoms with van der Waals surface area (Å²) in [6.45, 7) is 0. The van der Waals surface area contributed by atoms with Crippen molar-refractivity contribution in [1.82, 2.24) is 9.78 Å². The van der Waals surface area contributed by atoms with Crippen molar-refractivity contribution in [1.29, 1.82) is 0 Å². The van der Waals surface area contributed by atoms with Crippen LogP contribution in [0.2, 0.25) is 0 Å². The molecule has 6 heteroatoms. The van der Waals surface area contributed by atoms with E-state index in [1.165, 1.54) is 19.1 Å². The maximum atomic E-state index is 11.5. The number of nitrogens with two attached hydrogens (primary N) is 1. The molecule has 21 heavy (non-hydrogen) atoms. The van der Waals surface area contributed by atoms with Crippen LogP contribution in [0.3, 0.4) is 0 Å². The van der Waals surface area contributed by atoms with Gasteiger partial charge in [0, 0.05) is 18.0 Å². The lowest BCUT2D eigenvalue weighted by Crippen LogP contribution is -2.05. The van der Waals surface area contributed by atoms with Crippen molar-refractivity contribution in [3.05, 3.63) is 30.5 Å². The molecule has 0 aliphatic heterocycles. The Morgan fingerprint density at radius 1 is 1.19 bits per heavy atom. The highest BCUT2D eigenvalue weighted by atomic mass is 32.2. The molecule has 112 valence electrons. The quantitative estimate of drug-likeness (QED) is 0.945. The molecule has 1 heterocycles. The predicted molar refractivity (Wildman–Crippen MR) is 82.7 cm³/mol. The lowest BCUT2D eigenvalue weighted by Gasteiger charge is -2.08. The summed E-state index contributed by atoms with van der Waals surface area (Å²) in [4.78, 5) is 0.306. The average Bonchev–Trinajstić information content (AvgIpc) is 3.07. The molecule has 2 N–H and O–H groups in total. The summed E-state index contributed by atoms with van der Waals surface area (Å²) >= 11 is 0. The second-order valence-electron chi connectivity index (χ2n) is 5.65. The van der Waals surface area contributed by atoms with Crippen molar-refractivity contribution in [2.24, 2.45) is 0 Å². The lowest BCUT2D eigenvalue weighted by molar-refractivity contribution is 0.468. The fourth-order valence-corrected chi connectivity index (χ4v) is 3.48. The van der Waals surface area contributed by atoms with Gasteiger partial charge in [0.2, 0.25) is 0 Å². The van der Waals surface area contributed by atoms with Crippen molar-refractivity contribution in [3.63, 3.8) is 0 Å². The first-order valence-corrected chi connectivity index (χ1v) is 8.99. The first-order valence-electron chi connectivity index (χ1n) is 7.10. The van der Waals surface area contributed by atoms with Crippen molar-refractivity contribution < 1.29 is 8.42 Å². The topological polar surface area (TPSA) is 78.0 Å². The van der Waals surface area contributed by atoms with Crippen molar-refractivity contribution in [2.45, 2.75) is 36.6 Å². The molecule has 0 radical (unpaired) electrons. The van der Waals surface area contributed by atoms with E-state index in [1.54, 1.807) is 24.3 Å². The van der Waals surface area contributed by atoms with E-state index in [4.69, 9.17) is 5.73 Å². The normalized spacial score (nSPS) is 16.4. The SMILES string of the molecule is CS(=O)(=O)c1ccc(-c2nn(C3CCCC3)cc2N)cc1. The highest BCUT2D eigenvalue weighted by Gasteiger charge is 2.19. The van der Waals surface area contributed by atoms with Crippen LogP contribution in [0.15, 0.2) is 35.4 Å². The van der Waals surface area contributed by atoms with Gasteiger partial charge < -0.3 is 5.73 Å². The Morgan fingerprint density at radius 3 is 2.38 bits per heavy atom. The summed E-state index contributed by atoms with van der Waals surface area (Å²) in [5.41, 5.74) is 8.26. The van der Waals surface area contributed by atoms with E-state index in [0.717, 1.165) is 24.1 Å². The Labute approximate surface area is 124 Å². The minimum atomic E-state index is -3.18. The van der Waals surface area contributed by atoms with Crippen molar-refractivity contribution >= 4 is 15.5 Å². The van der Waals surface area contributed by atoms with E-state index < -0.39 is 9.84 Å². The molecule has 5 nitrogen and oxygen atoms in total. The maximum Gasteiger partial charge on any atom is 0.175 e. The molecule has 1 aliphatic rings. The van der Waals surface area contributed by atoms with Gasteiger partial charge in [0.1, 0.15) is 5.69 Å². The average molecular weight is 305 g/mol. The second kappa shape index (κ2) is 5.18. The number of sulfone groups is 1. The van der Waals surface area contributed by atoms with Gasteiger partial charge in [0.25, 0.3) is 0 Å². The van der Waals surface area contributed by atoms with E-state index in [1.807, 2.05) is 10.9 Å². The molecule has 0 spiro atoms. The first kappa shape index (κ1) is 14.1. The summed E-state index contributed by atoms with van der Waals surface area (Å²) in [5, 5.41) is 4.60. The van der Waals surface area contributed by atoms with E-state index >= 15 is 0 Å². The van der Waals surface area contributed by atoms with Gasteiger partial charge >= 0.3 is 0 Å². The predicted octanol–water partition coefficient (Wildman–Crippen LogP) is 2.65. The van der Waals surface area contributed by atoms with E-state index in [0.29, 0.717) is 16.6 Å². The fraction of sp³-hybridized carbons (Fsp3) is 0.400. The zero-order valence-corrected chi connectivity index (χ0v) is 12.8. The Balaban J connectivity index is 1.93. The minimum Gasteiger partial charge on any atom is -0.396 e. The van der Waals surface area contributed by atoms with Crippen LogP contribution in [0.5, 0.6) is 0 Å². The van der Waals surface area contributed by atoms with Gasteiger partial charge in [0.05, 0.1) is 16.6 Å². The summed E-state index contributed by atoms with van der Waals surface area (Å²) < 4.78 is 24.9. The van der Waals surface area contributed by atoms with Gasteiger partial charge in [-0.25, -0.2) is 8.42 Å². The number of rotatable bonds is 3. The first-order chi connectivity index (χ1) is 9.95. The fourth-order valence-electron chi connectivity index (χ4n) is 2.85. The molecule has 0 amide bonds. The van der Waals surface area contributed by atoms with E-state index in [-0.39, 0.29) is 0 Å². The van der Waals surface area contributed by atoms with E-state index in [9.17, 15) is 8.42 Å². The molecule has 0 saturated heterocycles. The van der Waals surface area contributed by atoms with Crippen LogP contribution < -0.4 is 5.73 Å². The molecule has 0 bridgehead atoms. The zero-order chi connectivity index (χ0) is 15.0. The third-order valence-corrected chi connectivity index (χ3v) is 5.14. The van der Waals surface area contributed by atoms with Gasteiger partial charge in [-0.3, -0.25) is 4.68 Å². The zero-order valence-electron chi connectivity index (χ0n) is 12.0. The Bertz CT molecular complexity index is 742. The number of hydrogen-bond acceptors (Lipinski definition) is 4. The van der Waals surface area contributed by atoms with Gasteiger partial charge in [-0.15, -0.1) is 0 Å². The molecule has 0 unspecified atom stereocenters. The summed E-state index contributed by atoms with van der Waals surface area (Å²) in [6.07, 6.45) is 7.85. The van der Waals surface area contributed by atoms with Gasteiger partial charge in [-0.05, 0) is 25.0 Å². The van der Waals surface area contributed by atoms with Gasteiger partial charge in [-0.2, -0.15) is 5.10 Å². The molecule has 1 aromatic carbocycles. The molecule has 0 atom stereocenters. The largest absolute Gasteiger partial charge is 0.396 e. The Hall–Kier alpha value is -1.82. The van der Waals surface area contributed by atoms with Crippen LogP contribution in [0.1, 0.15) is 31.7 Å². The minimum absolute atomic E-state index is 0.306. The maximum absolute atomic E-state index is 11.5. The molecular formula is C15H19N3O2S. The third kappa shape index (κ3) is 2.81. The number of benzene rings is 1. The smallest absolute Gasteiger partial charge is 0.175 e. The molecule has 1 fully saturated rings. The van der Waals surface area contributed by atoms with Crippen LogP contribution in [0.25, 0.3) is 11.3 Å². The Kier molecular flexibility index (Phi) is 3.49. The number of hydrogen-bond donors (Lipinski definition) is 1. The number of nitrogen functional groups attached to an aromatic ring is 1. The monoisotopic (exact) mass is 305 g/mol. The summed E-state index contributed by atoms with van der Waals surface area (Å²) in [7, 11) is -3.18. The van der Waals surface area contributed by atoms with Gasteiger partial charge in [0.15, 0.2) is 9.84 Å². The van der Waals surface area contributed by atoms with Crippen molar-refractivity contribution in [2.75, 3.05) is 12.0 Å². The lowest BCUT2D eigenvalue weighted by atomic mass is 10.1. The molecule has 1 aromatic heterocycles. The number of nitrogens with zero attached hydrogens (tertiary/aromatic N) is 2. The molecule has 2 aromatic rings. The van der Waals surface area contributed by atoms with Crippen LogP contribution in [-0.2, 0) is 9.84 Å². The molecule has 1 aliphatic carbocycles. The van der Waals surface area contributed by atoms with Crippen molar-refractivity contribution in [3.8, 4) is 11.3 Å². The molecule has 1 saturated carbocycles. The summed E-state index contributed by atoms with van der Waals surface area (Å²) in [5.74, 6) is 0. The standard InChI is InChI=1S/C15H19N3O2S/c1-21(19,20)13-8-6-11(7-9-13)15-14(16)10-18(17-15)12-4-2-3-5-12/h6-10,12H,2-5,16H2,1H3. The summed E-state index contributed by atoms with van der Waals surface area (Å²) in [6, 6.07) is 7.15. The third-order valence-electron chi connectivity index (χ3n) is 4.01. The highest BCUT2D eigenvalue weighted by Crippen LogP contribution is 2.32. The molecule has 3 rings (SSSR count).